The molecule has 2 aliphatic rings. The van der Waals surface area contributed by atoms with Gasteiger partial charge in [-0.3, -0.25) is 4.79 Å². The lowest BCUT2D eigenvalue weighted by Gasteiger charge is -2.28. The first-order chi connectivity index (χ1) is 18.8. The van der Waals surface area contributed by atoms with Crippen molar-refractivity contribution in [2.45, 2.75) is 31.0 Å². The highest BCUT2D eigenvalue weighted by Gasteiger charge is 2.40. The number of rotatable bonds is 7. The number of amidine groups is 1. The molecule has 214 valence electrons. The van der Waals surface area contributed by atoms with E-state index in [4.69, 9.17) is 0 Å². The fourth-order valence-corrected chi connectivity index (χ4v) is 4.10. The number of nitrogens with zero attached hydrogens (tertiary/aromatic N) is 3. The summed E-state index contributed by atoms with van der Waals surface area (Å²) in [4.78, 5) is 23.7. The van der Waals surface area contributed by atoms with Crippen LogP contribution in [-0.2, 0) is 11.0 Å². The second kappa shape index (κ2) is 11.6. The zero-order valence-electron chi connectivity index (χ0n) is 21.5. The molecule has 40 heavy (non-hydrogen) atoms. The van der Waals surface area contributed by atoms with Crippen molar-refractivity contribution in [3.63, 3.8) is 0 Å². The van der Waals surface area contributed by atoms with E-state index in [1.54, 1.807) is 0 Å². The van der Waals surface area contributed by atoms with E-state index in [1.165, 1.54) is 36.5 Å². The van der Waals surface area contributed by atoms with Crippen molar-refractivity contribution >= 4 is 23.2 Å². The molecule has 8 nitrogen and oxygen atoms in total. The van der Waals surface area contributed by atoms with Crippen LogP contribution >= 0.6 is 0 Å². The molecule has 2 atom stereocenters. The molecule has 2 aliphatic heterocycles. The second-order valence-electron chi connectivity index (χ2n) is 9.38. The molecule has 0 saturated carbocycles. The third-order valence-corrected chi connectivity index (χ3v) is 6.08. The van der Waals surface area contributed by atoms with Gasteiger partial charge in [-0.15, -0.1) is 0 Å². The molecule has 4 N–H and O–H groups in total. The maximum atomic E-state index is 13.6. The van der Waals surface area contributed by atoms with Crippen LogP contribution < -0.4 is 21.3 Å². The van der Waals surface area contributed by atoms with E-state index in [0.717, 1.165) is 24.8 Å². The van der Waals surface area contributed by atoms with Crippen molar-refractivity contribution < 1.29 is 31.1 Å². The zero-order chi connectivity index (χ0) is 29.1. The summed E-state index contributed by atoms with van der Waals surface area (Å²) in [6.45, 7) is 1.08. The van der Waals surface area contributed by atoms with Gasteiger partial charge in [0, 0.05) is 12.2 Å². The van der Waals surface area contributed by atoms with Gasteiger partial charge in [0.05, 0.1) is 28.4 Å². The number of carbonyl (C=O) groups is 1. The minimum absolute atomic E-state index is 0.0418. The number of pyridine rings is 1. The number of hydrogen-bond donors (Lipinski definition) is 4. The van der Waals surface area contributed by atoms with Gasteiger partial charge < -0.3 is 26.2 Å². The van der Waals surface area contributed by atoms with Crippen LogP contribution in [0, 0.1) is 0 Å². The molecule has 0 radical (unpaired) electrons. The highest BCUT2D eigenvalue weighted by atomic mass is 19.4. The third kappa shape index (κ3) is 6.92. The number of dihydropyridines is 1. The van der Waals surface area contributed by atoms with Crippen molar-refractivity contribution in [2.24, 2.45) is 4.99 Å². The molecule has 1 aromatic carbocycles. The summed E-state index contributed by atoms with van der Waals surface area (Å²) in [6, 6.07) is 5.81. The predicted octanol–water partition coefficient (Wildman–Crippen LogP) is 4.43. The van der Waals surface area contributed by atoms with Crippen LogP contribution in [0.5, 0.6) is 0 Å². The van der Waals surface area contributed by atoms with Gasteiger partial charge in [-0.25, -0.2) is 9.98 Å². The Bertz CT molecular complexity index is 1320. The number of amides is 1. The summed E-state index contributed by atoms with van der Waals surface area (Å²) >= 11 is 0. The van der Waals surface area contributed by atoms with E-state index in [1.807, 2.05) is 19.0 Å². The van der Waals surface area contributed by atoms with Gasteiger partial charge in [-0.1, -0.05) is 6.08 Å². The molecule has 0 aliphatic carbocycles. The van der Waals surface area contributed by atoms with Crippen molar-refractivity contribution in [1.82, 2.24) is 20.5 Å². The van der Waals surface area contributed by atoms with Crippen molar-refractivity contribution in [3.8, 4) is 0 Å². The smallest absolute Gasteiger partial charge is 0.379 e. The Labute approximate surface area is 226 Å². The maximum Gasteiger partial charge on any atom is 0.416 e. The monoisotopic (exact) mass is 567 g/mol. The van der Waals surface area contributed by atoms with Crippen LogP contribution in [0.2, 0.25) is 0 Å². The first kappa shape index (κ1) is 28.9. The Morgan fingerprint density at radius 2 is 1.75 bits per heavy atom. The SMILES string of the molecule is CN(C)CCCNC(=O)C1N=C(Nc2ccc(C(F)(F)F)cc2)c2ccc(C3NC=CC=C3C(F)(F)F)nc2N1. The summed E-state index contributed by atoms with van der Waals surface area (Å²) in [5.74, 6) is -0.296. The summed E-state index contributed by atoms with van der Waals surface area (Å²) in [5.41, 5.74) is -1.06. The van der Waals surface area contributed by atoms with E-state index < -0.39 is 41.6 Å². The average molecular weight is 568 g/mol. The lowest BCUT2D eigenvalue weighted by molar-refractivity contribution is -0.137. The summed E-state index contributed by atoms with van der Waals surface area (Å²) in [5, 5.41) is 11.2. The molecule has 0 saturated heterocycles. The molecular weight excluding hydrogens is 540 g/mol. The van der Waals surface area contributed by atoms with Gasteiger partial charge in [0.2, 0.25) is 6.17 Å². The summed E-state index contributed by atoms with van der Waals surface area (Å²) in [7, 11) is 3.79. The van der Waals surface area contributed by atoms with Gasteiger partial charge in [-0.2, -0.15) is 26.3 Å². The minimum Gasteiger partial charge on any atom is -0.379 e. The molecule has 2 unspecified atom stereocenters. The first-order valence-electron chi connectivity index (χ1n) is 12.3. The Balaban J connectivity index is 1.64. The maximum absolute atomic E-state index is 13.6. The molecule has 1 aromatic heterocycles. The predicted molar refractivity (Wildman–Crippen MR) is 139 cm³/mol. The van der Waals surface area contributed by atoms with E-state index >= 15 is 0 Å². The molecular formula is C26H27F6N7O. The molecule has 2 aromatic rings. The molecule has 0 spiro atoms. The van der Waals surface area contributed by atoms with Crippen LogP contribution in [0.3, 0.4) is 0 Å². The Morgan fingerprint density at radius 3 is 2.40 bits per heavy atom. The number of fused-ring (bicyclic) bond motifs is 1. The lowest BCUT2D eigenvalue weighted by atomic mass is 9.99. The highest BCUT2D eigenvalue weighted by Crippen LogP contribution is 2.37. The molecule has 4 rings (SSSR count). The summed E-state index contributed by atoms with van der Waals surface area (Å²) < 4.78 is 79.9. The fraction of sp³-hybridized carbons (Fsp3) is 0.346. The van der Waals surface area contributed by atoms with Crippen molar-refractivity contribution in [2.75, 3.05) is 37.8 Å². The number of alkyl halides is 6. The van der Waals surface area contributed by atoms with Crippen LogP contribution in [-0.4, -0.2) is 61.2 Å². The number of hydrogen-bond acceptors (Lipinski definition) is 7. The van der Waals surface area contributed by atoms with Crippen LogP contribution in [0.25, 0.3) is 0 Å². The quantitative estimate of drug-likeness (QED) is 0.293. The van der Waals surface area contributed by atoms with E-state index in [9.17, 15) is 31.1 Å². The van der Waals surface area contributed by atoms with E-state index in [-0.39, 0.29) is 23.0 Å². The van der Waals surface area contributed by atoms with Crippen LogP contribution in [0.4, 0.5) is 37.8 Å². The Kier molecular flexibility index (Phi) is 8.37. The van der Waals surface area contributed by atoms with E-state index in [2.05, 4.69) is 31.2 Å². The number of nitrogens with one attached hydrogen (secondary N) is 4. The molecule has 0 fully saturated rings. The Morgan fingerprint density at radius 1 is 1.02 bits per heavy atom. The standard InChI is InChI=1S/C26H27F6N7O/c1-39(2)14-4-13-34-24(40)23-37-21(35-16-8-6-15(7-9-16)25(27,28)29)17-10-11-19(36-22(17)38-23)20-18(26(30,31)32)5-3-12-33-20/h3,5-12,20,23,33H,4,13-14H2,1-2H3,(H,34,40)(H,35,37)(H,36,38). The van der Waals surface area contributed by atoms with Gasteiger partial charge >= 0.3 is 12.4 Å². The number of carbonyl (C=O) groups excluding carboxylic acids is 1. The van der Waals surface area contributed by atoms with Crippen molar-refractivity contribution in [1.29, 1.82) is 0 Å². The number of aromatic nitrogens is 1. The van der Waals surface area contributed by atoms with Gasteiger partial charge in [0.15, 0.2) is 0 Å². The lowest BCUT2D eigenvalue weighted by Crippen LogP contribution is -2.43. The highest BCUT2D eigenvalue weighted by molar-refractivity contribution is 6.13. The molecule has 3 heterocycles. The molecule has 14 heteroatoms. The van der Waals surface area contributed by atoms with Gasteiger partial charge in [0.25, 0.3) is 5.91 Å². The number of aliphatic imine (C=N–C) groups is 1. The summed E-state index contributed by atoms with van der Waals surface area (Å²) in [6.07, 6.45) is -6.08. The topological polar surface area (TPSA) is 93.7 Å². The van der Waals surface area contributed by atoms with Gasteiger partial charge in [0.1, 0.15) is 11.7 Å². The third-order valence-electron chi connectivity index (χ3n) is 6.08. The number of halogens is 6. The second-order valence-corrected chi connectivity index (χ2v) is 9.38. The van der Waals surface area contributed by atoms with Gasteiger partial charge in [-0.05, 0) is 75.7 Å². The van der Waals surface area contributed by atoms with Crippen LogP contribution in [0.15, 0.2) is 65.3 Å². The van der Waals surface area contributed by atoms with E-state index in [0.29, 0.717) is 18.5 Å². The average Bonchev–Trinajstić information content (AvgIpc) is 2.89. The zero-order valence-corrected chi connectivity index (χ0v) is 21.5. The molecule has 1 amide bonds. The normalized spacial score (nSPS) is 18.7. The largest absolute Gasteiger partial charge is 0.416 e. The minimum atomic E-state index is -4.61. The first-order valence-corrected chi connectivity index (χ1v) is 12.3. The number of anilines is 2. The number of benzene rings is 1. The Hall–Kier alpha value is -4.07. The van der Waals surface area contributed by atoms with Crippen LogP contribution in [0.1, 0.15) is 29.3 Å². The van der Waals surface area contributed by atoms with Crippen molar-refractivity contribution in [3.05, 3.63) is 77.1 Å². The molecule has 0 bridgehead atoms. The fourth-order valence-electron chi connectivity index (χ4n) is 4.10. The number of allylic oxidation sites excluding steroid dienone is 2.